The van der Waals surface area contributed by atoms with Crippen molar-refractivity contribution >= 4 is 16.9 Å². The maximum atomic E-state index is 12.2. The number of nitrogens with one attached hydrogen (secondary N) is 1. The number of benzene rings is 1. The molecule has 0 radical (unpaired) electrons. The Hall–Kier alpha value is -2.35. The van der Waals surface area contributed by atoms with Crippen LogP contribution in [0.5, 0.6) is 0 Å². The van der Waals surface area contributed by atoms with Gasteiger partial charge in [-0.3, -0.25) is 4.79 Å². The van der Waals surface area contributed by atoms with Crippen molar-refractivity contribution < 1.29 is 4.79 Å². The third-order valence-electron chi connectivity index (χ3n) is 2.83. The van der Waals surface area contributed by atoms with Crippen LogP contribution in [0.1, 0.15) is 23.7 Å². The van der Waals surface area contributed by atoms with E-state index in [9.17, 15) is 4.79 Å². The van der Waals surface area contributed by atoms with Crippen molar-refractivity contribution in [2.75, 3.05) is 13.1 Å². The fraction of sp³-hybridized carbons (Fsp3) is 0.308. The Morgan fingerprint density at radius 2 is 2.39 bits per heavy atom. The lowest BCUT2D eigenvalue weighted by molar-refractivity contribution is 0.0768. The van der Waals surface area contributed by atoms with E-state index in [0.717, 1.165) is 11.0 Å². The van der Waals surface area contributed by atoms with Crippen LogP contribution in [-0.4, -0.2) is 33.9 Å². The number of nitrogens with zero attached hydrogens (tertiary/aromatic N) is 3. The molecule has 0 saturated carbocycles. The average Bonchev–Trinajstić information content (AvgIpc) is 2.86. The predicted molar refractivity (Wildman–Crippen MR) is 67.9 cm³/mol. The highest BCUT2D eigenvalue weighted by atomic mass is 16.2. The molecule has 0 aliphatic rings. The molecular formula is C13H14N4O. The normalized spacial score (nSPS) is 10.2. The maximum absolute atomic E-state index is 12.2. The van der Waals surface area contributed by atoms with Crippen molar-refractivity contribution in [3.63, 3.8) is 0 Å². The Kier molecular flexibility index (Phi) is 3.58. The number of fused-ring (bicyclic) bond motifs is 1. The molecule has 0 saturated heterocycles. The Morgan fingerprint density at radius 3 is 3.11 bits per heavy atom. The first kappa shape index (κ1) is 12.1. The molecule has 1 N–H and O–H groups in total. The minimum absolute atomic E-state index is 0.0516. The number of H-pyrrole nitrogens is 1. The van der Waals surface area contributed by atoms with Crippen LogP contribution >= 0.6 is 0 Å². The van der Waals surface area contributed by atoms with Crippen LogP contribution in [0, 0.1) is 11.3 Å². The quantitative estimate of drug-likeness (QED) is 0.890. The summed E-state index contributed by atoms with van der Waals surface area (Å²) in [6.07, 6.45) is 1.96. The van der Waals surface area contributed by atoms with E-state index in [2.05, 4.69) is 16.0 Å². The number of aromatic nitrogens is 2. The predicted octanol–water partition coefficient (Wildman–Crippen LogP) is 1.94. The smallest absolute Gasteiger partial charge is 0.253 e. The number of amides is 1. The van der Waals surface area contributed by atoms with E-state index in [1.807, 2.05) is 13.0 Å². The van der Waals surface area contributed by atoms with Crippen molar-refractivity contribution in [1.82, 2.24) is 14.9 Å². The van der Waals surface area contributed by atoms with Crippen LogP contribution in [0.25, 0.3) is 11.0 Å². The molecule has 1 heterocycles. The lowest BCUT2D eigenvalue weighted by Crippen LogP contribution is -2.31. The van der Waals surface area contributed by atoms with Gasteiger partial charge in [0.05, 0.1) is 29.9 Å². The van der Waals surface area contributed by atoms with Crippen molar-refractivity contribution in [3.8, 4) is 6.07 Å². The topological polar surface area (TPSA) is 72.8 Å². The number of rotatable bonds is 4. The number of hydrogen-bond acceptors (Lipinski definition) is 3. The summed E-state index contributed by atoms with van der Waals surface area (Å²) in [6, 6.07) is 7.43. The third kappa shape index (κ3) is 2.33. The van der Waals surface area contributed by atoms with Gasteiger partial charge >= 0.3 is 0 Å². The lowest BCUT2D eigenvalue weighted by atomic mass is 10.1. The van der Waals surface area contributed by atoms with Gasteiger partial charge in [-0.25, -0.2) is 4.98 Å². The third-order valence-corrected chi connectivity index (χ3v) is 2.83. The Balaban J connectivity index is 2.23. The van der Waals surface area contributed by atoms with E-state index in [1.165, 1.54) is 0 Å². The molecule has 2 rings (SSSR count). The molecular weight excluding hydrogens is 228 g/mol. The summed E-state index contributed by atoms with van der Waals surface area (Å²) in [5.41, 5.74) is 2.30. The molecule has 18 heavy (non-hydrogen) atoms. The van der Waals surface area contributed by atoms with Gasteiger partial charge in [0.1, 0.15) is 0 Å². The molecule has 0 atom stereocenters. The summed E-state index contributed by atoms with van der Waals surface area (Å²) in [5.74, 6) is -0.0516. The Labute approximate surface area is 105 Å². The van der Waals surface area contributed by atoms with Crippen LogP contribution in [0.2, 0.25) is 0 Å². The first-order valence-electron chi connectivity index (χ1n) is 5.85. The first-order valence-corrected chi connectivity index (χ1v) is 5.85. The lowest BCUT2D eigenvalue weighted by Gasteiger charge is -2.19. The number of hydrogen-bond donors (Lipinski definition) is 1. The van der Waals surface area contributed by atoms with E-state index < -0.39 is 0 Å². The molecule has 1 amide bonds. The fourth-order valence-electron chi connectivity index (χ4n) is 1.84. The minimum atomic E-state index is -0.0516. The fourth-order valence-corrected chi connectivity index (χ4v) is 1.84. The van der Waals surface area contributed by atoms with Crippen molar-refractivity contribution in [3.05, 3.63) is 30.1 Å². The van der Waals surface area contributed by atoms with Gasteiger partial charge < -0.3 is 9.88 Å². The number of nitriles is 1. The van der Waals surface area contributed by atoms with Gasteiger partial charge in [0, 0.05) is 18.7 Å². The van der Waals surface area contributed by atoms with E-state index >= 15 is 0 Å². The number of aromatic amines is 1. The van der Waals surface area contributed by atoms with Gasteiger partial charge in [-0.15, -0.1) is 0 Å². The van der Waals surface area contributed by atoms with Crippen LogP contribution < -0.4 is 0 Å². The number of carbonyl (C=O) groups excluding carboxylic acids is 1. The largest absolute Gasteiger partial charge is 0.345 e. The summed E-state index contributed by atoms with van der Waals surface area (Å²) in [6.45, 7) is 2.97. The van der Waals surface area contributed by atoms with E-state index in [0.29, 0.717) is 25.1 Å². The number of carbonyl (C=O) groups is 1. The summed E-state index contributed by atoms with van der Waals surface area (Å²) in [4.78, 5) is 21.0. The molecule has 2 aromatic rings. The minimum Gasteiger partial charge on any atom is -0.345 e. The number of imidazole rings is 1. The van der Waals surface area contributed by atoms with Crippen LogP contribution in [-0.2, 0) is 0 Å². The highest BCUT2D eigenvalue weighted by molar-refractivity contribution is 5.97. The maximum Gasteiger partial charge on any atom is 0.253 e. The van der Waals surface area contributed by atoms with E-state index in [4.69, 9.17) is 5.26 Å². The zero-order chi connectivity index (χ0) is 13.0. The van der Waals surface area contributed by atoms with Gasteiger partial charge in [-0.1, -0.05) is 0 Å². The Morgan fingerprint density at radius 1 is 1.56 bits per heavy atom. The second-order valence-electron chi connectivity index (χ2n) is 3.93. The van der Waals surface area contributed by atoms with E-state index in [1.54, 1.807) is 23.4 Å². The molecule has 5 heteroatoms. The zero-order valence-electron chi connectivity index (χ0n) is 10.2. The molecule has 0 spiro atoms. The molecule has 0 aliphatic heterocycles. The molecule has 0 aliphatic carbocycles. The van der Waals surface area contributed by atoms with Crippen molar-refractivity contribution in [2.24, 2.45) is 0 Å². The summed E-state index contributed by atoms with van der Waals surface area (Å²) < 4.78 is 0. The van der Waals surface area contributed by atoms with Crippen molar-refractivity contribution in [2.45, 2.75) is 13.3 Å². The second kappa shape index (κ2) is 5.32. The van der Waals surface area contributed by atoms with Crippen LogP contribution in [0.3, 0.4) is 0 Å². The molecule has 0 fully saturated rings. The van der Waals surface area contributed by atoms with Crippen LogP contribution in [0.15, 0.2) is 24.5 Å². The highest BCUT2D eigenvalue weighted by Crippen LogP contribution is 2.13. The van der Waals surface area contributed by atoms with Gasteiger partial charge in [0.15, 0.2) is 0 Å². The Bertz CT molecular complexity index is 596. The SMILES string of the molecule is CCN(CCC#N)C(=O)c1ccc2nc[nH]c2c1. The molecule has 0 unspecified atom stereocenters. The summed E-state index contributed by atoms with van der Waals surface area (Å²) in [5, 5.41) is 8.58. The first-order chi connectivity index (χ1) is 8.76. The highest BCUT2D eigenvalue weighted by Gasteiger charge is 2.14. The zero-order valence-corrected chi connectivity index (χ0v) is 10.2. The van der Waals surface area contributed by atoms with E-state index in [-0.39, 0.29) is 5.91 Å². The summed E-state index contributed by atoms with van der Waals surface area (Å²) in [7, 11) is 0. The van der Waals surface area contributed by atoms with Gasteiger partial charge in [0.2, 0.25) is 0 Å². The van der Waals surface area contributed by atoms with Gasteiger partial charge in [-0.05, 0) is 25.1 Å². The van der Waals surface area contributed by atoms with Gasteiger partial charge in [-0.2, -0.15) is 5.26 Å². The monoisotopic (exact) mass is 242 g/mol. The molecule has 92 valence electrons. The van der Waals surface area contributed by atoms with Crippen LogP contribution in [0.4, 0.5) is 0 Å². The molecule has 0 bridgehead atoms. The van der Waals surface area contributed by atoms with Gasteiger partial charge in [0.25, 0.3) is 5.91 Å². The summed E-state index contributed by atoms with van der Waals surface area (Å²) >= 11 is 0. The molecule has 1 aromatic heterocycles. The molecule has 5 nitrogen and oxygen atoms in total. The standard InChI is InChI=1S/C13H14N4O/c1-2-17(7-3-6-14)13(18)10-4-5-11-12(8-10)16-9-15-11/h4-5,8-9H,2-3,7H2,1H3,(H,15,16). The molecule has 1 aromatic carbocycles. The van der Waals surface area contributed by atoms with Crippen molar-refractivity contribution in [1.29, 1.82) is 5.26 Å². The average molecular weight is 242 g/mol. The second-order valence-corrected chi connectivity index (χ2v) is 3.93.